The van der Waals surface area contributed by atoms with Gasteiger partial charge < -0.3 is 4.90 Å². The zero-order valence-corrected chi connectivity index (χ0v) is 19.8. The number of hydrogen-bond donors (Lipinski definition) is 0. The number of pyridine rings is 1. The fourth-order valence-corrected chi connectivity index (χ4v) is 5.17. The van der Waals surface area contributed by atoms with E-state index in [4.69, 9.17) is 12.2 Å². The highest BCUT2D eigenvalue weighted by atomic mass is 32.2. The Bertz CT molecular complexity index is 1180. The molecule has 0 N–H and O–H groups in total. The number of nitriles is 1. The van der Waals surface area contributed by atoms with Crippen LogP contribution in [0.15, 0.2) is 40.0 Å². The van der Waals surface area contributed by atoms with Gasteiger partial charge in [-0.05, 0) is 38.0 Å². The van der Waals surface area contributed by atoms with Crippen LogP contribution in [-0.2, 0) is 18.4 Å². The lowest BCUT2D eigenvalue weighted by atomic mass is 10.0. The summed E-state index contributed by atoms with van der Waals surface area (Å²) in [5.41, 5.74) is 2.01. The van der Waals surface area contributed by atoms with Gasteiger partial charge in [0.1, 0.15) is 21.8 Å². The molecule has 1 saturated heterocycles. The van der Waals surface area contributed by atoms with Crippen molar-refractivity contribution in [3.8, 4) is 6.07 Å². The van der Waals surface area contributed by atoms with Crippen LogP contribution in [0.5, 0.6) is 0 Å². The Balaban J connectivity index is 2.18. The first-order valence-electron chi connectivity index (χ1n) is 9.83. The number of hydrogen-bond acceptors (Lipinski definition) is 6. The second-order valence-corrected chi connectivity index (χ2v) is 9.38. The number of nitrogens with zero attached hydrogens (tertiary/aromatic N) is 4. The predicted octanol–water partition coefficient (Wildman–Crippen LogP) is 3.81. The van der Waals surface area contributed by atoms with Gasteiger partial charge in [0.2, 0.25) is 0 Å². The number of thiocarbonyl (C=S) groups is 1. The molecule has 0 spiro atoms. The summed E-state index contributed by atoms with van der Waals surface area (Å²) in [7, 11) is 3.54. The predicted molar refractivity (Wildman–Crippen MR) is 130 cm³/mol. The average molecular weight is 453 g/mol. The summed E-state index contributed by atoms with van der Waals surface area (Å²) < 4.78 is 1.98. The molecular weight excluding hydrogens is 428 g/mol. The maximum atomic E-state index is 13.0. The second kappa shape index (κ2) is 9.08. The Morgan fingerprint density at radius 1 is 1.26 bits per heavy atom. The number of carbonyl (C=O) groups is 1. The molecule has 3 rings (SSSR count). The summed E-state index contributed by atoms with van der Waals surface area (Å²) in [5.74, 6) is 0.480. The largest absolute Gasteiger partial charge is 0.356 e. The maximum Gasteiger partial charge on any atom is 0.270 e. The molecule has 1 aromatic carbocycles. The van der Waals surface area contributed by atoms with E-state index in [1.807, 2.05) is 62.2 Å². The van der Waals surface area contributed by atoms with Crippen LogP contribution in [0.3, 0.4) is 0 Å². The minimum atomic E-state index is -0.359. The van der Waals surface area contributed by atoms with Gasteiger partial charge in [-0.2, -0.15) is 5.26 Å². The van der Waals surface area contributed by atoms with Gasteiger partial charge in [0, 0.05) is 32.2 Å². The lowest BCUT2D eigenvalue weighted by Gasteiger charge is -2.26. The molecule has 8 heteroatoms. The minimum Gasteiger partial charge on any atom is -0.356 e. The summed E-state index contributed by atoms with van der Waals surface area (Å²) in [6.45, 7) is 6.14. The zero-order valence-electron chi connectivity index (χ0n) is 18.2. The number of aromatic nitrogens is 1. The standard InChI is InChI=1S/C23H24N4O2S2/c1-14(2)27-22(29)19(31-23(27)30)11-17-15(3)18(12-24)21(28)26(5)20(17)25(4)13-16-9-7-6-8-10-16/h6-11,14H,13H2,1-5H3/b19-11-. The fourth-order valence-electron chi connectivity index (χ4n) is 3.66. The van der Waals surface area contributed by atoms with Crippen molar-refractivity contribution in [2.45, 2.75) is 33.4 Å². The molecule has 160 valence electrons. The summed E-state index contributed by atoms with van der Waals surface area (Å²) in [6.07, 6.45) is 1.76. The van der Waals surface area contributed by atoms with Crippen LogP contribution < -0.4 is 10.5 Å². The highest BCUT2D eigenvalue weighted by Crippen LogP contribution is 2.36. The molecular formula is C23H24N4O2S2. The number of carbonyl (C=O) groups excluding carboxylic acids is 1. The molecule has 0 radical (unpaired) electrons. The molecule has 1 amide bonds. The molecule has 2 aromatic rings. The molecule has 1 fully saturated rings. The third-order valence-electron chi connectivity index (χ3n) is 5.21. The summed E-state index contributed by atoms with van der Waals surface area (Å²) in [5, 5.41) is 9.58. The van der Waals surface area contributed by atoms with Gasteiger partial charge in [-0.3, -0.25) is 19.1 Å². The Kier molecular flexibility index (Phi) is 6.68. The molecule has 0 atom stereocenters. The zero-order chi connectivity index (χ0) is 22.9. The molecule has 0 aliphatic carbocycles. The molecule has 0 unspecified atom stereocenters. The van der Waals surface area contributed by atoms with Crippen molar-refractivity contribution >= 4 is 46.1 Å². The van der Waals surface area contributed by atoms with Crippen molar-refractivity contribution in [2.75, 3.05) is 11.9 Å². The van der Waals surface area contributed by atoms with Crippen molar-refractivity contribution in [1.82, 2.24) is 9.47 Å². The highest BCUT2D eigenvalue weighted by molar-refractivity contribution is 8.26. The molecule has 1 aliphatic heterocycles. The molecule has 2 heterocycles. The Morgan fingerprint density at radius 2 is 1.90 bits per heavy atom. The average Bonchev–Trinajstić information content (AvgIpc) is 3.00. The topological polar surface area (TPSA) is 69.3 Å². The van der Waals surface area contributed by atoms with Crippen LogP contribution in [0, 0.1) is 18.3 Å². The first-order chi connectivity index (χ1) is 14.7. The maximum absolute atomic E-state index is 13.0. The third-order valence-corrected chi connectivity index (χ3v) is 6.54. The first kappa shape index (κ1) is 22.8. The van der Waals surface area contributed by atoms with Crippen LogP contribution in [0.2, 0.25) is 0 Å². The van der Waals surface area contributed by atoms with E-state index in [-0.39, 0.29) is 23.1 Å². The highest BCUT2D eigenvalue weighted by Gasteiger charge is 2.34. The van der Waals surface area contributed by atoms with E-state index in [2.05, 4.69) is 0 Å². The summed E-state index contributed by atoms with van der Waals surface area (Å²) in [6, 6.07) is 11.9. The van der Waals surface area contributed by atoms with Crippen LogP contribution in [0.1, 0.15) is 36.1 Å². The van der Waals surface area contributed by atoms with E-state index in [0.717, 1.165) is 5.56 Å². The van der Waals surface area contributed by atoms with Gasteiger partial charge in [0.15, 0.2) is 0 Å². The van der Waals surface area contributed by atoms with E-state index < -0.39 is 0 Å². The molecule has 31 heavy (non-hydrogen) atoms. The fraction of sp³-hybridized carbons (Fsp3) is 0.304. The molecule has 6 nitrogen and oxygen atoms in total. The van der Waals surface area contributed by atoms with Crippen molar-refractivity contribution in [2.24, 2.45) is 7.05 Å². The minimum absolute atomic E-state index is 0.0467. The van der Waals surface area contributed by atoms with E-state index >= 15 is 0 Å². The van der Waals surface area contributed by atoms with E-state index in [0.29, 0.717) is 32.7 Å². The van der Waals surface area contributed by atoms with Crippen LogP contribution >= 0.6 is 24.0 Å². The van der Waals surface area contributed by atoms with E-state index in [9.17, 15) is 14.9 Å². The van der Waals surface area contributed by atoms with Crippen LogP contribution in [0.4, 0.5) is 5.82 Å². The van der Waals surface area contributed by atoms with Crippen molar-refractivity contribution in [3.05, 3.63) is 67.8 Å². The molecule has 1 aliphatic rings. The van der Waals surface area contributed by atoms with Crippen LogP contribution in [-0.4, -0.2) is 32.8 Å². The molecule has 1 aromatic heterocycles. The number of benzene rings is 1. The van der Waals surface area contributed by atoms with E-state index in [1.54, 1.807) is 24.9 Å². The SMILES string of the molecule is Cc1c(/C=C2\SC(=S)N(C(C)C)C2=O)c(N(C)Cc2ccccc2)n(C)c(=O)c1C#N. The van der Waals surface area contributed by atoms with Crippen LogP contribution in [0.25, 0.3) is 6.08 Å². The molecule has 0 bridgehead atoms. The van der Waals surface area contributed by atoms with E-state index in [1.165, 1.54) is 16.3 Å². The first-order valence-corrected chi connectivity index (χ1v) is 11.1. The Labute approximate surface area is 191 Å². The quantitative estimate of drug-likeness (QED) is 0.508. The Hall–Kier alpha value is -2.89. The third kappa shape index (κ3) is 4.29. The van der Waals surface area contributed by atoms with Gasteiger partial charge in [0.25, 0.3) is 11.5 Å². The second-order valence-electron chi connectivity index (χ2n) is 7.70. The number of rotatable bonds is 5. The van der Waals surface area contributed by atoms with Gasteiger partial charge in [-0.25, -0.2) is 0 Å². The van der Waals surface area contributed by atoms with Gasteiger partial charge in [-0.1, -0.05) is 54.3 Å². The van der Waals surface area contributed by atoms with Gasteiger partial charge >= 0.3 is 0 Å². The normalized spacial score (nSPS) is 15.1. The smallest absolute Gasteiger partial charge is 0.270 e. The monoisotopic (exact) mass is 452 g/mol. The number of anilines is 1. The van der Waals surface area contributed by atoms with Crippen molar-refractivity contribution in [3.63, 3.8) is 0 Å². The number of thioether (sulfide) groups is 1. The van der Waals surface area contributed by atoms with Crippen molar-refractivity contribution < 1.29 is 4.79 Å². The number of amides is 1. The summed E-state index contributed by atoms with van der Waals surface area (Å²) >= 11 is 6.64. The van der Waals surface area contributed by atoms with Crippen molar-refractivity contribution in [1.29, 1.82) is 5.26 Å². The lowest BCUT2D eigenvalue weighted by Crippen LogP contribution is -2.34. The molecule has 0 saturated carbocycles. The summed E-state index contributed by atoms with van der Waals surface area (Å²) in [4.78, 5) is 29.8. The van der Waals surface area contributed by atoms with Gasteiger partial charge in [0.05, 0.1) is 4.91 Å². The Morgan fingerprint density at radius 3 is 2.45 bits per heavy atom. The lowest BCUT2D eigenvalue weighted by molar-refractivity contribution is -0.123. The van der Waals surface area contributed by atoms with Gasteiger partial charge in [-0.15, -0.1) is 0 Å².